The summed E-state index contributed by atoms with van der Waals surface area (Å²) in [6, 6.07) is 3.25. The number of aromatic nitrogens is 4. The number of benzene rings is 1. The minimum Gasteiger partial charge on any atom is -0.493 e. The van der Waals surface area contributed by atoms with Gasteiger partial charge in [-0.3, -0.25) is 0 Å². The Labute approximate surface area is 170 Å². The molecule has 0 saturated heterocycles. The second kappa shape index (κ2) is 8.87. The summed E-state index contributed by atoms with van der Waals surface area (Å²) in [6.07, 6.45) is 3.63. The van der Waals surface area contributed by atoms with Gasteiger partial charge in [0.1, 0.15) is 11.8 Å². The van der Waals surface area contributed by atoms with E-state index in [4.69, 9.17) is 19.9 Å². The number of hydrogen-bond acceptors (Lipinski definition) is 8. The summed E-state index contributed by atoms with van der Waals surface area (Å²) in [5, 5.41) is 0. The van der Waals surface area contributed by atoms with E-state index in [2.05, 4.69) is 30.9 Å². The van der Waals surface area contributed by atoms with Crippen LogP contribution in [0.3, 0.4) is 0 Å². The van der Waals surface area contributed by atoms with Crippen molar-refractivity contribution in [2.45, 2.75) is 19.9 Å². The summed E-state index contributed by atoms with van der Waals surface area (Å²) in [5.74, 6) is 0.912. The molecule has 1 aromatic carbocycles. The van der Waals surface area contributed by atoms with Crippen molar-refractivity contribution in [2.75, 3.05) is 26.1 Å². The molecule has 0 spiro atoms. The number of rotatable bonds is 8. The van der Waals surface area contributed by atoms with Gasteiger partial charge in [-0.15, -0.1) is 0 Å². The summed E-state index contributed by atoms with van der Waals surface area (Å²) in [7, 11) is 1.52. The highest BCUT2D eigenvalue weighted by Crippen LogP contribution is 2.36. The number of carbonyl (C=O) groups is 1. The van der Waals surface area contributed by atoms with Gasteiger partial charge in [0.05, 0.1) is 36.7 Å². The minimum absolute atomic E-state index is 0.242. The molecule has 2 aromatic heterocycles. The second-order valence-corrected chi connectivity index (χ2v) is 6.64. The SMILES string of the molecule is CCOc1c(Br)cc(C(=O)OCCCn2cnc3c(N)ncnc32)cc1OC. The number of ether oxygens (including phenoxy) is 3. The van der Waals surface area contributed by atoms with E-state index in [0.29, 0.717) is 58.1 Å². The van der Waals surface area contributed by atoms with Crippen LogP contribution < -0.4 is 15.2 Å². The Balaban J connectivity index is 1.60. The molecule has 0 radical (unpaired) electrons. The van der Waals surface area contributed by atoms with Crippen LogP contribution in [0.5, 0.6) is 11.5 Å². The number of nitrogens with two attached hydrogens (primary N) is 1. The fourth-order valence-corrected chi connectivity index (χ4v) is 3.22. The van der Waals surface area contributed by atoms with E-state index in [9.17, 15) is 4.79 Å². The van der Waals surface area contributed by atoms with Gasteiger partial charge in [-0.2, -0.15) is 0 Å². The number of nitrogen functional groups attached to an aromatic ring is 1. The first-order valence-corrected chi connectivity index (χ1v) is 9.43. The van der Waals surface area contributed by atoms with Crippen molar-refractivity contribution in [1.29, 1.82) is 0 Å². The van der Waals surface area contributed by atoms with Gasteiger partial charge in [0.25, 0.3) is 0 Å². The van der Waals surface area contributed by atoms with Crippen LogP contribution in [-0.4, -0.2) is 45.8 Å². The number of anilines is 1. The molecule has 9 nitrogen and oxygen atoms in total. The van der Waals surface area contributed by atoms with E-state index in [1.807, 2.05) is 11.5 Å². The summed E-state index contributed by atoms with van der Waals surface area (Å²) in [5.41, 5.74) is 7.36. The molecule has 0 aliphatic rings. The molecule has 0 aliphatic carbocycles. The molecule has 3 rings (SSSR count). The molecule has 2 N–H and O–H groups in total. The van der Waals surface area contributed by atoms with Gasteiger partial charge >= 0.3 is 5.97 Å². The molecular weight excluding hydrogens is 430 g/mol. The minimum atomic E-state index is -0.441. The largest absolute Gasteiger partial charge is 0.493 e. The fourth-order valence-electron chi connectivity index (χ4n) is 2.67. The van der Waals surface area contributed by atoms with E-state index < -0.39 is 5.97 Å². The zero-order valence-corrected chi connectivity index (χ0v) is 17.1. The van der Waals surface area contributed by atoms with Crippen LogP contribution in [-0.2, 0) is 11.3 Å². The number of esters is 1. The van der Waals surface area contributed by atoms with Crippen molar-refractivity contribution in [3.05, 3.63) is 34.8 Å². The lowest BCUT2D eigenvalue weighted by molar-refractivity contribution is 0.0495. The second-order valence-electron chi connectivity index (χ2n) is 5.78. The van der Waals surface area contributed by atoms with Gasteiger partial charge < -0.3 is 24.5 Å². The van der Waals surface area contributed by atoms with Crippen LogP contribution in [0.25, 0.3) is 11.2 Å². The van der Waals surface area contributed by atoms with Gasteiger partial charge in [-0.25, -0.2) is 19.7 Å². The highest BCUT2D eigenvalue weighted by molar-refractivity contribution is 9.10. The molecule has 0 aliphatic heterocycles. The molecule has 0 atom stereocenters. The third kappa shape index (κ3) is 4.16. The fraction of sp³-hybridized carbons (Fsp3) is 0.333. The number of nitrogens with zero attached hydrogens (tertiary/aromatic N) is 4. The molecule has 0 fully saturated rings. The Morgan fingerprint density at radius 2 is 2.11 bits per heavy atom. The summed E-state index contributed by atoms with van der Waals surface area (Å²) >= 11 is 3.40. The number of imidazole rings is 1. The topological polar surface area (TPSA) is 114 Å². The predicted octanol–water partition coefficient (Wildman–Crippen LogP) is 2.83. The zero-order chi connectivity index (χ0) is 20.1. The third-order valence-electron chi connectivity index (χ3n) is 3.96. The van der Waals surface area contributed by atoms with E-state index in [0.717, 1.165) is 0 Å². The Bertz CT molecular complexity index is 992. The Morgan fingerprint density at radius 1 is 1.29 bits per heavy atom. The number of carbonyl (C=O) groups excluding carboxylic acids is 1. The number of hydrogen-bond donors (Lipinski definition) is 1. The van der Waals surface area contributed by atoms with Crippen LogP contribution in [0.15, 0.2) is 29.3 Å². The van der Waals surface area contributed by atoms with Crippen molar-refractivity contribution < 1.29 is 19.0 Å². The Hall–Kier alpha value is -2.88. The lowest BCUT2D eigenvalue weighted by Gasteiger charge is -2.13. The molecule has 0 saturated carbocycles. The van der Waals surface area contributed by atoms with Gasteiger partial charge in [0.15, 0.2) is 23.0 Å². The summed E-state index contributed by atoms with van der Waals surface area (Å²) < 4.78 is 18.7. The highest BCUT2D eigenvalue weighted by Gasteiger charge is 2.16. The zero-order valence-electron chi connectivity index (χ0n) is 15.5. The highest BCUT2D eigenvalue weighted by atomic mass is 79.9. The van der Waals surface area contributed by atoms with Crippen LogP contribution >= 0.6 is 15.9 Å². The average molecular weight is 450 g/mol. The molecular formula is C18H20BrN5O4. The first-order chi connectivity index (χ1) is 13.5. The van der Waals surface area contributed by atoms with Crippen molar-refractivity contribution in [1.82, 2.24) is 19.5 Å². The number of methoxy groups -OCH3 is 1. The van der Waals surface area contributed by atoms with Gasteiger partial charge in [0, 0.05) is 6.54 Å². The number of aryl methyl sites for hydroxylation is 1. The lowest BCUT2D eigenvalue weighted by atomic mass is 10.2. The van der Waals surface area contributed by atoms with Crippen molar-refractivity contribution >= 4 is 38.9 Å². The summed E-state index contributed by atoms with van der Waals surface area (Å²) in [4.78, 5) is 24.7. The first kappa shape index (κ1) is 19.9. The van der Waals surface area contributed by atoms with E-state index in [1.165, 1.54) is 13.4 Å². The van der Waals surface area contributed by atoms with Crippen LogP contribution in [0.1, 0.15) is 23.7 Å². The number of halogens is 1. The normalized spacial score (nSPS) is 10.8. The van der Waals surface area contributed by atoms with Gasteiger partial charge in [0.2, 0.25) is 0 Å². The standard InChI is InChI=1S/C18H20BrN5O4/c1-3-27-15-12(19)7-11(8-13(15)26-2)18(25)28-6-4-5-24-10-23-14-16(20)21-9-22-17(14)24/h7-10H,3-6H2,1-2H3,(H2,20,21,22). The van der Waals surface area contributed by atoms with Gasteiger partial charge in [-0.05, 0) is 41.4 Å². The van der Waals surface area contributed by atoms with Crippen LogP contribution in [0.4, 0.5) is 5.82 Å². The summed E-state index contributed by atoms with van der Waals surface area (Å²) in [6.45, 7) is 3.18. The molecule has 10 heteroatoms. The van der Waals surface area contributed by atoms with Crippen molar-refractivity contribution in [2.24, 2.45) is 0 Å². The number of fused-ring (bicyclic) bond motifs is 1. The van der Waals surface area contributed by atoms with Crippen LogP contribution in [0.2, 0.25) is 0 Å². The molecule has 0 bridgehead atoms. The molecule has 148 valence electrons. The third-order valence-corrected chi connectivity index (χ3v) is 4.55. The molecule has 3 aromatic rings. The van der Waals surface area contributed by atoms with Crippen LogP contribution in [0, 0.1) is 0 Å². The van der Waals surface area contributed by atoms with Crippen molar-refractivity contribution in [3.8, 4) is 11.5 Å². The quantitative estimate of drug-likeness (QED) is 0.412. The van der Waals surface area contributed by atoms with E-state index >= 15 is 0 Å². The maximum absolute atomic E-state index is 12.4. The lowest BCUT2D eigenvalue weighted by Crippen LogP contribution is -2.09. The Kier molecular flexibility index (Phi) is 6.30. The van der Waals surface area contributed by atoms with E-state index in [1.54, 1.807) is 18.5 Å². The predicted molar refractivity (Wildman–Crippen MR) is 106 cm³/mol. The monoisotopic (exact) mass is 449 g/mol. The molecule has 28 heavy (non-hydrogen) atoms. The molecule has 0 amide bonds. The maximum Gasteiger partial charge on any atom is 0.338 e. The smallest absolute Gasteiger partial charge is 0.338 e. The average Bonchev–Trinajstić information content (AvgIpc) is 3.11. The van der Waals surface area contributed by atoms with E-state index in [-0.39, 0.29) is 6.61 Å². The maximum atomic E-state index is 12.4. The van der Waals surface area contributed by atoms with Gasteiger partial charge in [-0.1, -0.05) is 0 Å². The molecule has 2 heterocycles. The first-order valence-electron chi connectivity index (χ1n) is 8.64. The molecule has 0 unspecified atom stereocenters. The Morgan fingerprint density at radius 3 is 2.86 bits per heavy atom. The van der Waals surface area contributed by atoms with Crippen molar-refractivity contribution in [3.63, 3.8) is 0 Å².